The molecule has 0 unspecified atom stereocenters. The Morgan fingerprint density at radius 1 is 0.892 bits per heavy atom. The van der Waals surface area contributed by atoms with Gasteiger partial charge in [0, 0.05) is 27.5 Å². The Bertz CT molecular complexity index is 1590. The predicted molar refractivity (Wildman–Crippen MR) is 148 cm³/mol. The molecule has 0 atom stereocenters. The van der Waals surface area contributed by atoms with Gasteiger partial charge in [-0.25, -0.2) is 4.98 Å². The van der Waals surface area contributed by atoms with Gasteiger partial charge in [-0.1, -0.05) is 41.6 Å². The zero-order valence-corrected chi connectivity index (χ0v) is 21.6. The molecule has 1 N–H and O–H groups in total. The highest BCUT2D eigenvalue weighted by Crippen LogP contribution is 2.32. The maximum absolute atomic E-state index is 13.4. The molecule has 0 aliphatic carbocycles. The summed E-state index contributed by atoms with van der Waals surface area (Å²) in [5, 5.41) is 0. The van der Waals surface area contributed by atoms with Crippen LogP contribution in [0.15, 0.2) is 94.7 Å². The summed E-state index contributed by atoms with van der Waals surface area (Å²) in [4.78, 5) is 25.4. The summed E-state index contributed by atoms with van der Waals surface area (Å²) < 4.78 is 6.01. The lowest BCUT2D eigenvalue weighted by atomic mass is 10.0. The van der Waals surface area contributed by atoms with Crippen LogP contribution in [-0.4, -0.2) is 33.9 Å². The Hall–Kier alpha value is -4.03. The van der Waals surface area contributed by atoms with Gasteiger partial charge in [-0.3, -0.25) is 4.79 Å². The summed E-state index contributed by atoms with van der Waals surface area (Å²) in [7, 11) is 0. The molecule has 2 heterocycles. The largest absolute Gasteiger partial charge is 0.491 e. The minimum Gasteiger partial charge on any atom is -0.491 e. The Labute approximate surface area is 220 Å². The quantitative estimate of drug-likeness (QED) is 0.285. The molecule has 1 aromatic heterocycles. The highest BCUT2D eigenvalue weighted by atomic mass is 32.2. The Morgan fingerprint density at radius 2 is 1.59 bits per heavy atom. The van der Waals surface area contributed by atoms with E-state index in [2.05, 4.69) is 65.4 Å². The monoisotopic (exact) mass is 505 g/mol. The number of benzene rings is 4. The predicted octanol–water partition coefficient (Wildman–Crippen LogP) is 7.03. The number of hydrogen-bond donors (Lipinski definition) is 1. The second kappa shape index (κ2) is 9.79. The van der Waals surface area contributed by atoms with Crippen molar-refractivity contribution in [2.75, 3.05) is 13.2 Å². The number of ether oxygens (including phenoxy) is 1. The van der Waals surface area contributed by atoms with Gasteiger partial charge < -0.3 is 14.6 Å². The van der Waals surface area contributed by atoms with Crippen LogP contribution in [0.1, 0.15) is 27.3 Å². The summed E-state index contributed by atoms with van der Waals surface area (Å²) in [6, 6.07) is 28.8. The first-order valence-electron chi connectivity index (χ1n) is 12.4. The van der Waals surface area contributed by atoms with E-state index in [1.165, 1.54) is 10.5 Å². The number of aryl methyl sites for hydroxylation is 2. The number of aromatic nitrogens is 2. The second-order valence-electron chi connectivity index (χ2n) is 9.39. The van der Waals surface area contributed by atoms with Crippen LogP contribution in [0.5, 0.6) is 5.75 Å². The highest BCUT2D eigenvalue weighted by molar-refractivity contribution is 7.99. The van der Waals surface area contributed by atoms with Gasteiger partial charge in [0.1, 0.15) is 18.2 Å². The first-order valence-corrected chi connectivity index (χ1v) is 13.2. The van der Waals surface area contributed by atoms with E-state index >= 15 is 0 Å². The van der Waals surface area contributed by atoms with Gasteiger partial charge in [-0.15, -0.1) is 0 Å². The molecule has 6 heteroatoms. The molecule has 1 amide bonds. The Morgan fingerprint density at radius 3 is 2.38 bits per heavy atom. The number of fused-ring (bicyclic) bond motifs is 2. The number of carbonyl (C=O) groups excluding carboxylic acids is 1. The normalized spacial score (nSPS) is 13.2. The molecule has 0 spiro atoms. The number of carbonyl (C=O) groups is 1. The number of rotatable bonds is 4. The van der Waals surface area contributed by atoms with E-state index < -0.39 is 0 Å². The molecule has 184 valence electrons. The van der Waals surface area contributed by atoms with Gasteiger partial charge in [0.2, 0.25) is 0 Å². The SMILES string of the molecule is Cc1ccc(Sc2ccc(C(=O)N3CCOc4ccc(-c5ccc6nc(C)[nH]c6c5)cc4C3)cc2)cc1. The molecule has 0 radical (unpaired) electrons. The zero-order valence-electron chi connectivity index (χ0n) is 20.8. The molecule has 4 aromatic carbocycles. The third-order valence-corrected chi connectivity index (χ3v) is 7.63. The van der Waals surface area contributed by atoms with Gasteiger partial charge in [-0.05, 0) is 85.6 Å². The van der Waals surface area contributed by atoms with Crippen LogP contribution in [0.4, 0.5) is 0 Å². The molecule has 0 fully saturated rings. The van der Waals surface area contributed by atoms with Gasteiger partial charge in [0.05, 0.1) is 17.6 Å². The van der Waals surface area contributed by atoms with E-state index in [4.69, 9.17) is 4.74 Å². The van der Waals surface area contributed by atoms with Crippen LogP contribution in [-0.2, 0) is 6.54 Å². The maximum Gasteiger partial charge on any atom is 0.254 e. The highest BCUT2D eigenvalue weighted by Gasteiger charge is 2.22. The number of hydrogen-bond acceptors (Lipinski definition) is 4. The minimum absolute atomic E-state index is 0.0168. The lowest BCUT2D eigenvalue weighted by Crippen LogP contribution is -2.32. The lowest BCUT2D eigenvalue weighted by molar-refractivity contribution is 0.0733. The molecule has 37 heavy (non-hydrogen) atoms. The van der Waals surface area contributed by atoms with Crippen molar-refractivity contribution < 1.29 is 9.53 Å². The second-order valence-corrected chi connectivity index (χ2v) is 10.5. The number of aromatic amines is 1. The van der Waals surface area contributed by atoms with Gasteiger partial charge in [0.25, 0.3) is 5.91 Å². The standard InChI is InChI=1S/C31H27N3O2S/c1-20-3-9-26(10-4-20)37-27-11-5-22(6-12-27)31(35)34-15-16-36-30-14-8-23(17-25(30)19-34)24-7-13-28-29(18-24)33-21(2)32-28/h3-14,17-18H,15-16,19H2,1-2H3,(H,32,33). The summed E-state index contributed by atoms with van der Waals surface area (Å²) >= 11 is 1.70. The van der Waals surface area contributed by atoms with Crippen molar-refractivity contribution in [2.24, 2.45) is 0 Å². The van der Waals surface area contributed by atoms with Crippen molar-refractivity contribution in [3.63, 3.8) is 0 Å². The van der Waals surface area contributed by atoms with Crippen LogP contribution in [0.3, 0.4) is 0 Å². The van der Waals surface area contributed by atoms with Crippen molar-refractivity contribution in [1.29, 1.82) is 0 Å². The third-order valence-electron chi connectivity index (χ3n) is 6.62. The van der Waals surface area contributed by atoms with Crippen LogP contribution in [0.2, 0.25) is 0 Å². The number of nitrogens with one attached hydrogen (secondary N) is 1. The molecule has 0 saturated carbocycles. The zero-order chi connectivity index (χ0) is 25.4. The van der Waals surface area contributed by atoms with Crippen LogP contribution in [0, 0.1) is 13.8 Å². The van der Waals surface area contributed by atoms with Gasteiger partial charge in [-0.2, -0.15) is 0 Å². The van der Waals surface area contributed by atoms with Gasteiger partial charge in [0.15, 0.2) is 0 Å². The lowest BCUT2D eigenvalue weighted by Gasteiger charge is -2.20. The number of nitrogens with zero attached hydrogens (tertiary/aromatic N) is 2. The van der Waals surface area contributed by atoms with E-state index in [0.29, 0.717) is 25.3 Å². The fraction of sp³-hybridized carbons (Fsp3) is 0.161. The molecule has 1 aliphatic heterocycles. The molecular formula is C31H27N3O2S. The fourth-order valence-electron chi connectivity index (χ4n) is 4.65. The minimum atomic E-state index is 0.0168. The Balaban J connectivity index is 1.21. The van der Waals surface area contributed by atoms with E-state index in [1.807, 2.05) is 48.2 Å². The average Bonchev–Trinajstić information content (AvgIpc) is 3.15. The smallest absolute Gasteiger partial charge is 0.254 e. The van der Waals surface area contributed by atoms with Crippen molar-refractivity contribution >= 4 is 28.7 Å². The van der Waals surface area contributed by atoms with E-state index in [1.54, 1.807) is 11.8 Å². The van der Waals surface area contributed by atoms with Crippen LogP contribution >= 0.6 is 11.8 Å². The summed E-state index contributed by atoms with van der Waals surface area (Å²) in [5.41, 5.74) is 7.10. The molecule has 5 nitrogen and oxygen atoms in total. The molecule has 6 rings (SSSR count). The summed E-state index contributed by atoms with van der Waals surface area (Å²) in [5.74, 6) is 1.75. The number of imidazole rings is 1. The van der Waals surface area contributed by atoms with Crippen molar-refractivity contribution in [3.8, 4) is 16.9 Å². The fourth-order valence-corrected chi connectivity index (χ4v) is 5.47. The summed E-state index contributed by atoms with van der Waals surface area (Å²) in [6.45, 7) is 5.57. The van der Waals surface area contributed by atoms with E-state index in [-0.39, 0.29) is 5.91 Å². The van der Waals surface area contributed by atoms with Crippen LogP contribution in [0.25, 0.3) is 22.2 Å². The number of amides is 1. The molecule has 0 bridgehead atoms. The molecule has 5 aromatic rings. The van der Waals surface area contributed by atoms with Crippen molar-refractivity contribution in [1.82, 2.24) is 14.9 Å². The first-order chi connectivity index (χ1) is 18.0. The maximum atomic E-state index is 13.4. The van der Waals surface area contributed by atoms with Crippen molar-refractivity contribution in [2.45, 2.75) is 30.2 Å². The molecule has 0 saturated heterocycles. The Kier molecular flexibility index (Phi) is 6.18. The average molecular weight is 506 g/mol. The van der Waals surface area contributed by atoms with E-state index in [0.717, 1.165) is 44.2 Å². The third kappa shape index (κ3) is 4.98. The van der Waals surface area contributed by atoms with Gasteiger partial charge >= 0.3 is 0 Å². The van der Waals surface area contributed by atoms with E-state index in [9.17, 15) is 4.79 Å². The summed E-state index contributed by atoms with van der Waals surface area (Å²) in [6.07, 6.45) is 0. The topological polar surface area (TPSA) is 58.2 Å². The van der Waals surface area contributed by atoms with Crippen molar-refractivity contribution in [3.05, 3.63) is 107 Å². The molecule has 1 aliphatic rings. The number of H-pyrrole nitrogens is 1. The molecular weight excluding hydrogens is 478 g/mol. The first kappa shape index (κ1) is 23.4. The van der Waals surface area contributed by atoms with Crippen LogP contribution < -0.4 is 4.74 Å².